The summed E-state index contributed by atoms with van der Waals surface area (Å²) in [6.07, 6.45) is 4.26. The third-order valence-corrected chi connectivity index (χ3v) is 4.60. The Morgan fingerprint density at radius 1 is 1.29 bits per heavy atom. The first-order valence-electron chi connectivity index (χ1n) is 8.26. The van der Waals surface area contributed by atoms with Crippen LogP contribution in [0.4, 0.5) is 4.79 Å². The Balaban J connectivity index is 1.65. The number of aromatic nitrogens is 1. The Kier molecular flexibility index (Phi) is 5.11. The minimum atomic E-state index is -0.0946. The summed E-state index contributed by atoms with van der Waals surface area (Å²) >= 11 is 0. The van der Waals surface area contributed by atoms with Gasteiger partial charge in [0.15, 0.2) is 0 Å². The number of rotatable bonds is 4. The molecule has 2 amide bonds. The van der Waals surface area contributed by atoms with Crippen LogP contribution >= 0.6 is 0 Å². The molecule has 126 valence electrons. The van der Waals surface area contributed by atoms with E-state index in [4.69, 9.17) is 4.74 Å². The lowest BCUT2D eigenvalue weighted by Gasteiger charge is -2.28. The second kappa shape index (κ2) is 7.45. The normalized spacial score (nSPS) is 21.2. The van der Waals surface area contributed by atoms with Gasteiger partial charge in [-0.05, 0) is 30.5 Å². The smallest absolute Gasteiger partial charge is 0.317 e. The van der Waals surface area contributed by atoms with Crippen LogP contribution in [0.1, 0.15) is 36.6 Å². The van der Waals surface area contributed by atoms with Crippen molar-refractivity contribution in [3.8, 4) is 0 Å². The van der Waals surface area contributed by atoms with E-state index in [9.17, 15) is 4.79 Å². The van der Waals surface area contributed by atoms with Gasteiger partial charge in [-0.25, -0.2) is 4.79 Å². The summed E-state index contributed by atoms with van der Waals surface area (Å²) in [6.45, 7) is 2.66. The molecule has 0 aliphatic carbocycles. The highest BCUT2D eigenvalue weighted by molar-refractivity contribution is 5.75. The number of hydrogen-bond donors (Lipinski definition) is 1. The molecule has 1 fully saturated rings. The molecule has 24 heavy (non-hydrogen) atoms. The van der Waals surface area contributed by atoms with E-state index >= 15 is 0 Å². The second-order valence-electron chi connectivity index (χ2n) is 6.12. The molecule has 0 spiro atoms. The molecule has 1 N–H and O–H groups in total. The summed E-state index contributed by atoms with van der Waals surface area (Å²) in [5.74, 6) is 0. The molecule has 0 saturated carbocycles. The number of nitrogens with one attached hydrogen (secondary N) is 1. The summed E-state index contributed by atoms with van der Waals surface area (Å²) in [7, 11) is 1.81. The molecule has 1 aromatic heterocycles. The first-order valence-corrected chi connectivity index (χ1v) is 8.26. The van der Waals surface area contributed by atoms with Crippen molar-refractivity contribution in [1.29, 1.82) is 0 Å². The molecule has 1 saturated heterocycles. The number of urea groups is 1. The van der Waals surface area contributed by atoms with E-state index in [-0.39, 0.29) is 24.2 Å². The van der Waals surface area contributed by atoms with E-state index in [1.54, 1.807) is 24.3 Å². The minimum absolute atomic E-state index is 0.0107. The first kappa shape index (κ1) is 16.5. The zero-order chi connectivity index (χ0) is 16.9. The van der Waals surface area contributed by atoms with E-state index in [0.717, 1.165) is 17.5 Å². The van der Waals surface area contributed by atoms with Crippen LogP contribution < -0.4 is 5.32 Å². The number of carbonyl (C=O) groups excluding carboxylic acids is 1. The summed E-state index contributed by atoms with van der Waals surface area (Å²) in [4.78, 5) is 18.5. The van der Waals surface area contributed by atoms with Gasteiger partial charge in [0.05, 0.1) is 12.1 Å². The topological polar surface area (TPSA) is 54.5 Å². The molecule has 3 rings (SSSR count). The summed E-state index contributed by atoms with van der Waals surface area (Å²) in [5, 5.41) is 3.12. The Morgan fingerprint density at radius 3 is 2.79 bits per heavy atom. The lowest BCUT2D eigenvalue weighted by atomic mass is 10.0. The van der Waals surface area contributed by atoms with E-state index < -0.39 is 0 Å². The monoisotopic (exact) mass is 325 g/mol. The zero-order valence-corrected chi connectivity index (χ0v) is 14.1. The fourth-order valence-corrected chi connectivity index (χ4v) is 2.99. The number of amides is 2. The Bertz CT molecular complexity index is 663. The fraction of sp³-hybridized carbons (Fsp3) is 0.368. The van der Waals surface area contributed by atoms with Crippen LogP contribution in [-0.4, -0.2) is 35.6 Å². The molecule has 1 aliphatic heterocycles. The molecule has 5 nitrogen and oxygen atoms in total. The number of pyridine rings is 1. The average molecular weight is 325 g/mol. The van der Waals surface area contributed by atoms with Gasteiger partial charge in [0, 0.05) is 26.0 Å². The number of carbonyl (C=O) groups is 1. The summed E-state index contributed by atoms with van der Waals surface area (Å²) < 4.78 is 5.83. The van der Waals surface area contributed by atoms with Crippen molar-refractivity contribution in [2.45, 2.75) is 31.5 Å². The van der Waals surface area contributed by atoms with Crippen LogP contribution in [0.2, 0.25) is 0 Å². The highest BCUT2D eigenvalue weighted by Crippen LogP contribution is 2.29. The van der Waals surface area contributed by atoms with Gasteiger partial charge in [-0.1, -0.05) is 36.4 Å². The van der Waals surface area contributed by atoms with Gasteiger partial charge in [0.1, 0.15) is 6.10 Å². The van der Waals surface area contributed by atoms with Crippen molar-refractivity contribution in [3.63, 3.8) is 0 Å². The van der Waals surface area contributed by atoms with Crippen LogP contribution in [0.3, 0.4) is 0 Å². The van der Waals surface area contributed by atoms with Crippen LogP contribution in [-0.2, 0) is 4.74 Å². The van der Waals surface area contributed by atoms with Gasteiger partial charge in [0.25, 0.3) is 0 Å². The minimum Gasteiger partial charge on any atom is -0.371 e. The summed E-state index contributed by atoms with van der Waals surface area (Å²) in [6, 6.07) is 13.8. The molecule has 1 aliphatic rings. The summed E-state index contributed by atoms with van der Waals surface area (Å²) in [5.41, 5.74) is 2.11. The lowest BCUT2D eigenvalue weighted by Crippen LogP contribution is -2.45. The largest absolute Gasteiger partial charge is 0.371 e. The van der Waals surface area contributed by atoms with E-state index in [1.807, 2.05) is 49.4 Å². The maximum atomic E-state index is 12.6. The van der Waals surface area contributed by atoms with Crippen LogP contribution in [0.15, 0.2) is 54.9 Å². The zero-order valence-electron chi connectivity index (χ0n) is 14.1. The molecule has 1 aromatic carbocycles. The molecule has 3 atom stereocenters. The number of benzene rings is 1. The molecule has 0 radical (unpaired) electrons. The van der Waals surface area contributed by atoms with Gasteiger partial charge in [-0.3, -0.25) is 4.98 Å². The fourth-order valence-electron chi connectivity index (χ4n) is 2.99. The average Bonchev–Trinajstić information content (AvgIpc) is 3.10. The molecular weight excluding hydrogens is 302 g/mol. The van der Waals surface area contributed by atoms with Crippen LogP contribution in [0.25, 0.3) is 0 Å². The van der Waals surface area contributed by atoms with Gasteiger partial charge < -0.3 is 15.0 Å². The number of ether oxygens (including phenoxy) is 1. The predicted molar refractivity (Wildman–Crippen MR) is 92.5 cm³/mol. The highest BCUT2D eigenvalue weighted by Gasteiger charge is 2.32. The van der Waals surface area contributed by atoms with E-state index in [2.05, 4.69) is 10.3 Å². The molecular formula is C19H23N3O2. The van der Waals surface area contributed by atoms with Crippen molar-refractivity contribution in [2.24, 2.45) is 0 Å². The standard InChI is InChI=1S/C19H23N3O2/c1-14(16-9-6-11-20-13-16)22(2)19(23)21-17-10-12-24-18(17)15-7-4-3-5-8-15/h3-9,11,13-14,17-18H,10,12H2,1-2H3,(H,21,23)/t14-,17+,18+/m0/s1. The Hall–Kier alpha value is -2.40. The van der Waals surface area contributed by atoms with Crippen molar-refractivity contribution >= 4 is 6.03 Å². The SMILES string of the molecule is C[C@@H](c1cccnc1)N(C)C(=O)N[C@@H]1CCO[C@@H]1c1ccccc1. The van der Waals surface area contributed by atoms with Gasteiger partial charge in [-0.15, -0.1) is 0 Å². The van der Waals surface area contributed by atoms with Crippen molar-refractivity contribution in [2.75, 3.05) is 13.7 Å². The molecule has 5 heteroatoms. The third-order valence-electron chi connectivity index (χ3n) is 4.60. The van der Waals surface area contributed by atoms with Crippen LogP contribution in [0, 0.1) is 0 Å². The first-order chi connectivity index (χ1) is 11.7. The molecule has 0 unspecified atom stereocenters. The molecule has 2 aromatic rings. The highest BCUT2D eigenvalue weighted by atomic mass is 16.5. The number of nitrogens with zero attached hydrogens (tertiary/aromatic N) is 2. The van der Waals surface area contributed by atoms with E-state index in [0.29, 0.717) is 6.61 Å². The Morgan fingerprint density at radius 2 is 2.08 bits per heavy atom. The lowest BCUT2D eigenvalue weighted by molar-refractivity contribution is 0.0978. The molecule has 0 bridgehead atoms. The maximum absolute atomic E-state index is 12.6. The van der Waals surface area contributed by atoms with Gasteiger partial charge >= 0.3 is 6.03 Å². The maximum Gasteiger partial charge on any atom is 0.317 e. The third kappa shape index (κ3) is 3.57. The van der Waals surface area contributed by atoms with Crippen molar-refractivity contribution in [3.05, 3.63) is 66.0 Å². The van der Waals surface area contributed by atoms with Crippen molar-refractivity contribution < 1.29 is 9.53 Å². The van der Waals surface area contributed by atoms with Crippen molar-refractivity contribution in [1.82, 2.24) is 15.2 Å². The van der Waals surface area contributed by atoms with Crippen LogP contribution in [0.5, 0.6) is 0 Å². The van der Waals surface area contributed by atoms with E-state index in [1.165, 1.54) is 0 Å². The number of hydrogen-bond acceptors (Lipinski definition) is 3. The quantitative estimate of drug-likeness (QED) is 0.938. The Labute approximate surface area is 142 Å². The predicted octanol–water partition coefficient (Wildman–Crippen LogP) is 3.31. The second-order valence-corrected chi connectivity index (χ2v) is 6.12. The van der Waals surface area contributed by atoms with Gasteiger partial charge in [0.2, 0.25) is 0 Å². The molecule has 2 heterocycles. The van der Waals surface area contributed by atoms with Gasteiger partial charge in [-0.2, -0.15) is 0 Å².